The molecule has 3 rings (SSSR count). The number of hydrogen-bond donors (Lipinski definition) is 2. The number of benzene rings is 1. The molecule has 0 aliphatic carbocycles. The molecule has 1 aromatic carbocycles. The second kappa shape index (κ2) is 10.5. The van der Waals surface area contributed by atoms with Gasteiger partial charge in [-0.05, 0) is 43.2 Å². The molecule has 158 valence electrons. The van der Waals surface area contributed by atoms with E-state index in [1.54, 1.807) is 12.1 Å². The zero-order valence-corrected chi connectivity index (χ0v) is 18.4. The van der Waals surface area contributed by atoms with Gasteiger partial charge < -0.3 is 20.2 Å². The third kappa shape index (κ3) is 5.85. The first-order valence-corrected chi connectivity index (χ1v) is 9.09. The minimum atomic E-state index is -0.454. The normalized spacial score (nSPS) is 12.6. The number of fused-ring (bicyclic) bond motifs is 1. The molecule has 0 radical (unpaired) electrons. The molecule has 29 heavy (non-hydrogen) atoms. The lowest BCUT2D eigenvalue weighted by atomic mass is 9.88. The number of pyridine rings is 1. The van der Waals surface area contributed by atoms with Crippen molar-refractivity contribution in [2.24, 2.45) is 11.7 Å². The minimum absolute atomic E-state index is 0. The van der Waals surface area contributed by atoms with Crippen LogP contribution >= 0.6 is 24.8 Å². The average Bonchev–Trinajstić information content (AvgIpc) is 3.09. The van der Waals surface area contributed by atoms with E-state index in [4.69, 9.17) is 10.5 Å². The maximum absolute atomic E-state index is 12.6. The van der Waals surface area contributed by atoms with Crippen LogP contribution in [-0.4, -0.2) is 27.4 Å². The van der Waals surface area contributed by atoms with Crippen LogP contribution in [0.1, 0.15) is 36.8 Å². The highest BCUT2D eigenvalue weighted by atomic mass is 35.5. The number of hydrogen-bond acceptors (Lipinski definition) is 4. The topological polar surface area (TPSA) is 81.6 Å². The van der Waals surface area contributed by atoms with Gasteiger partial charge in [0.15, 0.2) is 0 Å². The lowest BCUT2D eigenvalue weighted by Crippen LogP contribution is -2.55. The fraction of sp³-hybridized carbons (Fsp3) is 0.333. The quantitative estimate of drug-likeness (QED) is 0.586. The van der Waals surface area contributed by atoms with Crippen LogP contribution in [0.3, 0.4) is 0 Å². The number of nitrogens with zero attached hydrogens (tertiary/aromatic N) is 2. The molecule has 1 unspecified atom stereocenters. The molecular formula is C21H28Cl2N4O2. The van der Waals surface area contributed by atoms with Crippen molar-refractivity contribution in [1.82, 2.24) is 14.7 Å². The number of halogens is 2. The lowest BCUT2D eigenvalue weighted by molar-refractivity contribution is 0.0882. The van der Waals surface area contributed by atoms with Gasteiger partial charge in [0.2, 0.25) is 0 Å². The monoisotopic (exact) mass is 438 g/mol. The van der Waals surface area contributed by atoms with Crippen LogP contribution in [-0.2, 0) is 6.61 Å². The van der Waals surface area contributed by atoms with E-state index in [9.17, 15) is 4.79 Å². The first-order chi connectivity index (χ1) is 12.9. The number of aromatic nitrogens is 2. The van der Waals surface area contributed by atoms with E-state index in [0.29, 0.717) is 24.5 Å². The molecule has 6 nitrogen and oxygen atoms in total. The summed E-state index contributed by atoms with van der Waals surface area (Å²) < 4.78 is 7.78. The zero-order chi connectivity index (χ0) is 19.4. The van der Waals surface area contributed by atoms with E-state index in [1.807, 2.05) is 67.9 Å². The van der Waals surface area contributed by atoms with Crippen LogP contribution in [0.2, 0.25) is 0 Å². The number of amides is 1. The van der Waals surface area contributed by atoms with Crippen molar-refractivity contribution < 1.29 is 9.53 Å². The molecule has 3 aromatic rings. The van der Waals surface area contributed by atoms with E-state index < -0.39 is 5.54 Å². The van der Waals surface area contributed by atoms with Crippen molar-refractivity contribution in [2.75, 3.05) is 6.54 Å². The SMILES string of the molecule is CC(C)C(C)(CN)NC(=O)c1cccc(OCc2cn3ccccc3n2)c1.Cl.Cl. The largest absolute Gasteiger partial charge is 0.487 e. The molecule has 2 aromatic heterocycles. The predicted molar refractivity (Wildman–Crippen MR) is 120 cm³/mol. The summed E-state index contributed by atoms with van der Waals surface area (Å²) in [6, 6.07) is 13.0. The molecule has 1 atom stereocenters. The summed E-state index contributed by atoms with van der Waals surface area (Å²) in [6.45, 7) is 6.75. The summed E-state index contributed by atoms with van der Waals surface area (Å²) in [7, 11) is 0. The molecule has 0 spiro atoms. The standard InChI is InChI=1S/C21H26N4O2.2ClH/c1-15(2)21(3,14-22)24-20(26)16-7-6-8-18(11-16)27-13-17-12-25-10-5-4-9-19(25)23-17;;/h4-12,15H,13-14,22H2,1-3H3,(H,24,26);2*1H. The maximum atomic E-state index is 12.6. The maximum Gasteiger partial charge on any atom is 0.251 e. The number of nitrogens with two attached hydrogens (primary N) is 1. The van der Waals surface area contributed by atoms with Crippen LogP contribution in [0.5, 0.6) is 5.75 Å². The van der Waals surface area contributed by atoms with Gasteiger partial charge in [-0.2, -0.15) is 0 Å². The van der Waals surface area contributed by atoms with Gasteiger partial charge >= 0.3 is 0 Å². The number of imidazole rings is 1. The summed E-state index contributed by atoms with van der Waals surface area (Å²) in [4.78, 5) is 17.1. The van der Waals surface area contributed by atoms with E-state index in [1.165, 1.54) is 0 Å². The number of nitrogens with one attached hydrogen (secondary N) is 1. The van der Waals surface area contributed by atoms with Gasteiger partial charge in [-0.25, -0.2) is 4.98 Å². The fourth-order valence-corrected chi connectivity index (χ4v) is 2.70. The Balaban J connectivity index is 0.00000210. The lowest BCUT2D eigenvalue weighted by Gasteiger charge is -2.33. The predicted octanol–water partition coefficient (Wildman–Crippen LogP) is 3.86. The van der Waals surface area contributed by atoms with Crippen molar-refractivity contribution in [1.29, 1.82) is 0 Å². The van der Waals surface area contributed by atoms with Gasteiger partial charge in [-0.15, -0.1) is 24.8 Å². The van der Waals surface area contributed by atoms with Crippen LogP contribution in [0.25, 0.3) is 5.65 Å². The van der Waals surface area contributed by atoms with Crippen LogP contribution in [0.4, 0.5) is 0 Å². The van der Waals surface area contributed by atoms with E-state index in [2.05, 4.69) is 10.3 Å². The summed E-state index contributed by atoms with van der Waals surface area (Å²) >= 11 is 0. The van der Waals surface area contributed by atoms with Crippen molar-refractivity contribution in [3.8, 4) is 5.75 Å². The smallest absolute Gasteiger partial charge is 0.251 e. The van der Waals surface area contributed by atoms with Crippen molar-refractivity contribution >= 4 is 36.4 Å². The number of carbonyl (C=O) groups excluding carboxylic acids is 1. The summed E-state index contributed by atoms with van der Waals surface area (Å²) in [5.74, 6) is 0.689. The van der Waals surface area contributed by atoms with Gasteiger partial charge in [0.05, 0.1) is 11.2 Å². The van der Waals surface area contributed by atoms with Gasteiger partial charge in [-0.1, -0.05) is 26.0 Å². The van der Waals surface area contributed by atoms with Crippen LogP contribution < -0.4 is 15.8 Å². The van der Waals surface area contributed by atoms with Gasteiger partial charge in [0.1, 0.15) is 18.0 Å². The summed E-state index contributed by atoms with van der Waals surface area (Å²) in [5.41, 5.74) is 7.65. The Kier molecular flexibility index (Phi) is 8.95. The molecule has 0 aliphatic heterocycles. The Bertz CT molecular complexity index is 912. The first-order valence-electron chi connectivity index (χ1n) is 9.09. The molecule has 8 heteroatoms. The zero-order valence-electron chi connectivity index (χ0n) is 16.8. The molecule has 0 bridgehead atoms. The Morgan fingerprint density at radius 1 is 1.24 bits per heavy atom. The van der Waals surface area contributed by atoms with E-state index in [-0.39, 0.29) is 36.6 Å². The fourth-order valence-electron chi connectivity index (χ4n) is 2.70. The first kappa shape index (κ1) is 24.8. The van der Waals surface area contributed by atoms with E-state index >= 15 is 0 Å². The molecule has 0 saturated heterocycles. The third-order valence-electron chi connectivity index (χ3n) is 4.99. The molecule has 0 fully saturated rings. The second-order valence-corrected chi connectivity index (χ2v) is 7.25. The number of carbonyl (C=O) groups is 1. The molecule has 3 N–H and O–H groups in total. The molecule has 2 heterocycles. The van der Waals surface area contributed by atoms with Gasteiger partial charge in [-0.3, -0.25) is 4.79 Å². The van der Waals surface area contributed by atoms with Gasteiger partial charge in [0.25, 0.3) is 5.91 Å². The van der Waals surface area contributed by atoms with Crippen molar-refractivity contribution in [2.45, 2.75) is 32.9 Å². The molecular weight excluding hydrogens is 411 g/mol. The Morgan fingerprint density at radius 3 is 2.66 bits per heavy atom. The highest BCUT2D eigenvalue weighted by Crippen LogP contribution is 2.19. The Morgan fingerprint density at radius 2 is 2.00 bits per heavy atom. The Labute approximate surface area is 183 Å². The molecule has 0 saturated carbocycles. The molecule has 1 amide bonds. The number of rotatable bonds is 7. The third-order valence-corrected chi connectivity index (χ3v) is 4.99. The van der Waals surface area contributed by atoms with Crippen molar-refractivity contribution in [3.05, 3.63) is 66.1 Å². The van der Waals surface area contributed by atoms with Crippen LogP contribution in [0.15, 0.2) is 54.9 Å². The number of ether oxygens (including phenoxy) is 1. The Hall–Kier alpha value is -2.28. The highest BCUT2D eigenvalue weighted by Gasteiger charge is 2.28. The summed E-state index contributed by atoms with van der Waals surface area (Å²) in [6.07, 6.45) is 3.88. The van der Waals surface area contributed by atoms with Crippen molar-refractivity contribution in [3.63, 3.8) is 0 Å². The minimum Gasteiger partial charge on any atom is -0.487 e. The summed E-state index contributed by atoms with van der Waals surface area (Å²) in [5, 5.41) is 3.04. The van der Waals surface area contributed by atoms with Gasteiger partial charge in [0, 0.05) is 24.5 Å². The average molecular weight is 439 g/mol. The second-order valence-electron chi connectivity index (χ2n) is 7.25. The van der Waals surface area contributed by atoms with Crippen LogP contribution in [0, 0.1) is 5.92 Å². The highest BCUT2D eigenvalue weighted by molar-refractivity contribution is 5.95. The molecule has 0 aliphatic rings. The van der Waals surface area contributed by atoms with E-state index in [0.717, 1.165) is 11.3 Å².